The van der Waals surface area contributed by atoms with Gasteiger partial charge in [-0.2, -0.15) is 0 Å². The minimum atomic E-state index is -0.256. The lowest BCUT2D eigenvalue weighted by molar-refractivity contribution is 0.626. The summed E-state index contributed by atoms with van der Waals surface area (Å²) < 4.78 is 12.8. The lowest BCUT2D eigenvalue weighted by Gasteiger charge is -2.02. The third-order valence-corrected chi connectivity index (χ3v) is 1.76. The van der Waals surface area contributed by atoms with Crippen molar-refractivity contribution >= 4 is 6.08 Å². The van der Waals surface area contributed by atoms with Gasteiger partial charge in [0.15, 0.2) is 0 Å². The van der Waals surface area contributed by atoms with Crippen LogP contribution in [0.4, 0.5) is 4.39 Å². The molecule has 0 fully saturated rings. The zero-order valence-corrected chi connectivity index (χ0v) is 7.33. The van der Waals surface area contributed by atoms with E-state index in [1.807, 2.05) is 0 Å². The van der Waals surface area contributed by atoms with E-state index in [9.17, 15) is 4.39 Å². The number of nitrogens with two attached hydrogens (primary N) is 2. The van der Waals surface area contributed by atoms with Gasteiger partial charge in [0.2, 0.25) is 0 Å². The molecule has 3 heteroatoms. The van der Waals surface area contributed by atoms with Crippen molar-refractivity contribution in [2.75, 3.05) is 6.54 Å². The molecule has 1 aromatic carbocycles. The van der Waals surface area contributed by atoms with E-state index in [1.54, 1.807) is 18.2 Å². The molecule has 0 saturated carbocycles. The van der Waals surface area contributed by atoms with Gasteiger partial charge in [-0.3, -0.25) is 0 Å². The van der Waals surface area contributed by atoms with Crippen molar-refractivity contribution in [3.05, 3.63) is 41.2 Å². The predicted octanol–water partition coefficient (Wildman–Crippen LogP) is 1.26. The summed E-state index contributed by atoms with van der Waals surface area (Å²) in [7, 11) is 0. The average molecular weight is 180 g/mol. The second-order valence-electron chi connectivity index (χ2n) is 2.69. The molecule has 0 bridgehead atoms. The topological polar surface area (TPSA) is 52.0 Å². The molecule has 0 aliphatic carbocycles. The van der Waals surface area contributed by atoms with Crippen LogP contribution in [0.25, 0.3) is 6.08 Å². The van der Waals surface area contributed by atoms with Crippen molar-refractivity contribution in [1.82, 2.24) is 0 Å². The largest absolute Gasteiger partial charge is 0.327 e. The maximum absolute atomic E-state index is 12.8. The maximum atomic E-state index is 12.8. The molecule has 4 N–H and O–H groups in total. The summed E-state index contributed by atoms with van der Waals surface area (Å²) in [6.45, 7) is 0.852. The first-order valence-electron chi connectivity index (χ1n) is 4.13. The number of hydrogen-bond acceptors (Lipinski definition) is 2. The number of hydrogen-bond donors (Lipinski definition) is 2. The van der Waals surface area contributed by atoms with Gasteiger partial charge in [-0.05, 0) is 23.3 Å². The van der Waals surface area contributed by atoms with Gasteiger partial charge in [-0.15, -0.1) is 0 Å². The van der Waals surface area contributed by atoms with Crippen molar-refractivity contribution in [3.63, 3.8) is 0 Å². The Bertz CT molecular complexity index is 308. The lowest BCUT2D eigenvalue weighted by atomic mass is 10.1. The number of rotatable bonds is 3. The van der Waals surface area contributed by atoms with Crippen LogP contribution in [0.2, 0.25) is 0 Å². The minimum Gasteiger partial charge on any atom is -0.327 e. The highest BCUT2D eigenvalue weighted by molar-refractivity contribution is 5.54. The van der Waals surface area contributed by atoms with Crippen LogP contribution in [0.3, 0.4) is 0 Å². The van der Waals surface area contributed by atoms with Crippen molar-refractivity contribution < 1.29 is 4.39 Å². The van der Waals surface area contributed by atoms with Gasteiger partial charge in [-0.25, -0.2) is 4.39 Å². The van der Waals surface area contributed by atoms with Crippen LogP contribution in [0.1, 0.15) is 11.1 Å². The maximum Gasteiger partial charge on any atom is 0.123 e. The highest BCUT2D eigenvalue weighted by atomic mass is 19.1. The van der Waals surface area contributed by atoms with Crippen molar-refractivity contribution in [2.24, 2.45) is 11.5 Å². The first-order valence-corrected chi connectivity index (χ1v) is 4.13. The first kappa shape index (κ1) is 9.89. The Morgan fingerprint density at radius 1 is 1.31 bits per heavy atom. The molecule has 0 aromatic heterocycles. The monoisotopic (exact) mass is 180 g/mol. The Kier molecular flexibility index (Phi) is 3.61. The predicted molar refractivity (Wildman–Crippen MR) is 52.4 cm³/mol. The van der Waals surface area contributed by atoms with Gasteiger partial charge in [0.1, 0.15) is 5.82 Å². The molecule has 0 heterocycles. The van der Waals surface area contributed by atoms with Gasteiger partial charge in [-0.1, -0.05) is 18.2 Å². The molecule has 0 aliphatic heterocycles. The van der Waals surface area contributed by atoms with E-state index in [4.69, 9.17) is 11.5 Å². The number of halogens is 1. The van der Waals surface area contributed by atoms with E-state index in [0.29, 0.717) is 13.1 Å². The molecule has 0 saturated heterocycles. The standard InChI is InChI=1S/C10H13FN2/c11-10-4-3-9(7-13)8(6-10)2-1-5-12/h1-4,6H,5,7,12-13H2. The fraction of sp³-hybridized carbons (Fsp3) is 0.200. The highest BCUT2D eigenvalue weighted by Gasteiger charge is 1.98. The molecule has 2 nitrogen and oxygen atoms in total. The molecular formula is C10H13FN2. The summed E-state index contributed by atoms with van der Waals surface area (Å²) in [6.07, 6.45) is 3.55. The molecule has 0 spiro atoms. The van der Waals surface area contributed by atoms with Crippen LogP contribution in [-0.4, -0.2) is 6.54 Å². The second-order valence-corrected chi connectivity index (χ2v) is 2.69. The Morgan fingerprint density at radius 2 is 2.08 bits per heavy atom. The Morgan fingerprint density at radius 3 is 2.69 bits per heavy atom. The van der Waals surface area contributed by atoms with Crippen molar-refractivity contribution in [1.29, 1.82) is 0 Å². The highest BCUT2D eigenvalue weighted by Crippen LogP contribution is 2.12. The van der Waals surface area contributed by atoms with E-state index in [0.717, 1.165) is 11.1 Å². The van der Waals surface area contributed by atoms with Crippen LogP contribution in [0, 0.1) is 5.82 Å². The van der Waals surface area contributed by atoms with E-state index in [-0.39, 0.29) is 5.82 Å². The summed E-state index contributed by atoms with van der Waals surface area (Å²) >= 11 is 0. The average Bonchev–Trinajstić information content (AvgIpc) is 2.15. The van der Waals surface area contributed by atoms with Gasteiger partial charge in [0, 0.05) is 13.1 Å². The van der Waals surface area contributed by atoms with Crippen LogP contribution < -0.4 is 11.5 Å². The van der Waals surface area contributed by atoms with Crippen molar-refractivity contribution in [3.8, 4) is 0 Å². The zero-order chi connectivity index (χ0) is 9.68. The first-order chi connectivity index (χ1) is 6.27. The molecule has 13 heavy (non-hydrogen) atoms. The van der Waals surface area contributed by atoms with E-state index >= 15 is 0 Å². The smallest absolute Gasteiger partial charge is 0.123 e. The van der Waals surface area contributed by atoms with Crippen molar-refractivity contribution in [2.45, 2.75) is 6.54 Å². The molecule has 0 atom stereocenters. The quantitative estimate of drug-likeness (QED) is 0.735. The molecule has 0 unspecified atom stereocenters. The third kappa shape index (κ3) is 2.65. The van der Waals surface area contributed by atoms with Gasteiger partial charge < -0.3 is 11.5 Å². The van der Waals surface area contributed by atoms with Crippen LogP contribution in [0.5, 0.6) is 0 Å². The molecular weight excluding hydrogens is 167 g/mol. The molecule has 70 valence electrons. The lowest BCUT2D eigenvalue weighted by Crippen LogP contribution is -2.00. The van der Waals surface area contributed by atoms with E-state index < -0.39 is 0 Å². The SMILES string of the molecule is NCC=Cc1cc(F)ccc1CN. The summed E-state index contributed by atoms with van der Waals surface area (Å²) in [5.41, 5.74) is 12.5. The molecule has 0 amide bonds. The van der Waals surface area contributed by atoms with Gasteiger partial charge in [0.25, 0.3) is 0 Å². The third-order valence-electron chi connectivity index (χ3n) is 1.76. The fourth-order valence-electron chi connectivity index (χ4n) is 1.10. The van der Waals surface area contributed by atoms with E-state index in [1.165, 1.54) is 12.1 Å². The normalized spacial score (nSPS) is 11.0. The molecule has 1 aromatic rings. The Hall–Kier alpha value is -1.19. The summed E-state index contributed by atoms with van der Waals surface area (Å²) in [6, 6.07) is 4.54. The Labute approximate surface area is 77.0 Å². The summed E-state index contributed by atoms with van der Waals surface area (Å²) in [5.74, 6) is -0.256. The van der Waals surface area contributed by atoms with Gasteiger partial charge in [0.05, 0.1) is 0 Å². The van der Waals surface area contributed by atoms with Crippen LogP contribution in [-0.2, 0) is 6.54 Å². The number of benzene rings is 1. The molecule has 0 aliphatic rings. The van der Waals surface area contributed by atoms with Crippen LogP contribution >= 0.6 is 0 Å². The summed E-state index contributed by atoms with van der Waals surface area (Å²) in [5, 5.41) is 0. The Balaban J connectivity index is 3.01. The van der Waals surface area contributed by atoms with Crippen LogP contribution in [0.15, 0.2) is 24.3 Å². The van der Waals surface area contributed by atoms with Gasteiger partial charge >= 0.3 is 0 Å². The minimum absolute atomic E-state index is 0.256. The zero-order valence-electron chi connectivity index (χ0n) is 7.33. The van der Waals surface area contributed by atoms with E-state index in [2.05, 4.69) is 0 Å². The second kappa shape index (κ2) is 4.74. The fourth-order valence-corrected chi connectivity index (χ4v) is 1.10. The molecule has 0 radical (unpaired) electrons. The molecule has 1 rings (SSSR count). The summed E-state index contributed by atoms with van der Waals surface area (Å²) in [4.78, 5) is 0.